The predicted octanol–water partition coefficient (Wildman–Crippen LogP) is 7.70. The summed E-state index contributed by atoms with van der Waals surface area (Å²) in [5.41, 5.74) is 2.82. The first kappa shape index (κ1) is 25.8. The number of nitrogens with zero attached hydrogens (tertiary/aromatic N) is 1. The molecule has 1 amide bonds. The van der Waals surface area contributed by atoms with Crippen LogP contribution in [0.25, 0.3) is 6.08 Å². The van der Waals surface area contributed by atoms with E-state index in [1.165, 1.54) is 6.08 Å². The number of rotatable bonds is 9. The number of hydrogen-bond donors (Lipinski definition) is 1. The number of carbonyl (C=O) groups excluding carboxylic acids is 1. The summed E-state index contributed by atoms with van der Waals surface area (Å²) in [6.45, 7) is 0.656. The Bertz CT molecular complexity index is 1450. The van der Waals surface area contributed by atoms with E-state index < -0.39 is 5.91 Å². The van der Waals surface area contributed by atoms with Crippen molar-refractivity contribution >= 4 is 40.9 Å². The first-order chi connectivity index (χ1) is 18.0. The molecule has 0 fully saturated rings. The molecule has 5 nitrogen and oxygen atoms in total. The number of anilines is 1. The smallest absolute Gasteiger partial charge is 0.266 e. The number of nitriles is 1. The van der Waals surface area contributed by atoms with Gasteiger partial charge >= 0.3 is 0 Å². The Kier molecular flexibility index (Phi) is 8.83. The number of amides is 1. The van der Waals surface area contributed by atoms with E-state index in [-0.39, 0.29) is 5.57 Å². The molecule has 0 aliphatic carbocycles. The lowest BCUT2D eigenvalue weighted by Crippen LogP contribution is -2.13. The SMILES string of the molecule is N#C/C(=C\c1cc(Cl)ccc1OCc1ccccc1)C(=O)Nc1ccc(OCc2ccccc2Cl)cc1. The van der Waals surface area contributed by atoms with E-state index in [1.54, 1.807) is 48.5 Å². The van der Waals surface area contributed by atoms with E-state index in [0.717, 1.165) is 11.1 Å². The zero-order valence-electron chi connectivity index (χ0n) is 19.7. The third-order valence-electron chi connectivity index (χ3n) is 5.34. The zero-order chi connectivity index (χ0) is 26.0. The Balaban J connectivity index is 1.43. The highest BCUT2D eigenvalue weighted by Crippen LogP contribution is 2.27. The lowest BCUT2D eigenvalue weighted by atomic mass is 10.1. The first-order valence-corrected chi connectivity index (χ1v) is 12.1. The van der Waals surface area contributed by atoms with Gasteiger partial charge in [-0.1, -0.05) is 71.7 Å². The number of hydrogen-bond acceptors (Lipinski definition) is 4. The van der Waals surface area contributed by atoms with Gasteiger partial charge in [-0.25, -0.2) is 0 Å². The fourth-order valence-electron chi connectivity index (χ4n) is 3.41. The Morgan fingerprint density at radius 2 is 1.59 bits per heavy atom. The lowest BCUT2D eigenvalue weighted by Gasteiger charge is -2.11. The number of ether oxygens (including phenoxy) is 2. The van der Waals surface area contributed by atoms with Crippen molar-refractivity contribution in [1.29, 1.82) is 5.26 Å². The van der Waals surface area contributed by atoms with Gasteiger partial charge in [-0.2, -0.15) is 5.26 Å². The third kappa shape index (κ3) is 7.37. The monoisotopic (exact) mass is 528 g/mol. The van der Waals surface area contributed by atoms with Gasteiger partial charge in [-0.05, 0) is 60.2 Å². The van der Waals surface area contributed by atoms with Gasteiger partial charge in [0.15, 0.2) is 0 Å². The van der Waals surface area contributed by atoms with Crippen molar-refractivity contribution in [3.8, 4) is 17.6 Å². The summed E-state index contributed by atoms with van der Waals surface area (Å²) >= 11 is 12.3. The molecule has 0 aliphatic rings. The summed E-state index contributed by atoms with van der Waals surface area (Å²) in [6, 6.07) is 31.0. The predicted molar refractivity (Wildman–Crippen MR) is 147 cm³/mol. The molecule has 7 heteroatoms. The van der Waals surface area contributed by atoms with E-state index in [9.17, 15) is 10.1 Å². The van der Waals surface area contributed by atoms with Crippen LogP contribution in [-0.4, -0.2) is 5.91 Å². The summed E-state index contributed by atoms with van der Waals surface area (Å²) in [4.78, 5) is 12.8. The first-order valence-electron chi connectivity index (χ1n) is 11.4. The van der Waals surface area contributed by atoms with Crippen LogP contribution in [0.5, 0.6) is 11.5 Å². The molecule has 1 N–H and O–H groups in total. The summed E-state index contributed by atoms with van der Waals surface area (Å²) in [5, 5.41) is 13.5. The van der Waals surface area contributed by atoms with Gasteiger partial charge in [0.2, 0.25) is 0 Å². The number of benzene rings is 4. The van der Waals surface area contributed by atoms with Gasteiger partial charge in [0, 0.05) is 26.9 Å². The normalized spacial score (nSPS) is 10.9. The van der Waals surface area contributed by atoms with Gasteiger partial charge in [-0.3, -0.25) is 4.79 Å². The fourth-order valence-corrected chi connectivity index (χ4v) is 3.78. The molecule has 0 atom stereocenters. The summed E-state index contributed by atoms with van der Waals surface area (Å²) in [6.07, 6.45) is 1.46. The van der Waals surface area contributed by atoms with Crippen molar-refractivity contribution in [3.63, 3.8) is 0 Å². The molecule has 0 radical (unpaired) electrons. The van der Waals surface area contributed by atoms with Crippen LogP contribution >= 0.6 is 23.2 Å². The minimum absolute atomic E-state index is 0.0918. The second kappa shape index (κ2) is 12.6. The van der Waals surface area contributed by atoms with E-state index in [4.69, 9.17) is 32.7 Å². The minimum Gasteiger partial charge on any atom is -0.489 e. The van der Waals surface area contributed by atoms with Crippen molar-refractivity contribution in [2.75, 3.05) is 5.32 Å². The number of nitrogens with one attached hydrogen (secondary N) is 1. The van der Waals surface area contributed by atoms with Crippen molar-refractivity contribution in [3.05, 3.63) is 129 Å². The van der Waals surface area contributed by atoms with Crippen LogP contribution in [0.2, 0.25) is 10.0 Å². The highest BCUT2D eigenvalue weighted by molar-refractivity contribution is 6.31. The molecular formula is C30H22Cl2N2O3. The van der Waals surface area contributed by atoms with Crippen molar-refractivity contribution < 1.29 is 14.3 Å². The molecule has 0 unspecified atom stereocenters. The molecule has 0 aliphatic heterocycles. The van der Waals surface area contributed by atoms with E-state index in [1.807, 2.05) is 54.6 Å². The summed E-state index contributed by atoms with van der Waals surface area (Å²) in [5.74, 6) is 0.572. The largest absolute Gasteiger partial charge is 0.489 e. The second-order valence-corrected chi connectivity index (χ2v) is 8.83. The quantitative estimate of drug-likeness (QED) is 0.178. The van der Waals surface area contributed by atoms with Gasteiger partial charge in [0.1, 0.15) is 36.4 Å². The fraction of sp³-hybridized carbons (Fsp3) is 0.0667. The molecule has 0 saturated heterocycles. The van der Waals surface area contributed by atoms with Crippen LogP contribution < -0.4 is 14.8 Å². The molecule has 4 aromatic carbocycles. The number of halogens is 2. The molecule has 0 spiro atoms. The van der Waals surface area contributed by atoms with E-state index in [0.29, 0.717) is 46.0 Å². The van der Waals surface area contributed by atoms with Gasteiger partial charge in [0.25, 0.3) is 5.91 Å². The lowest BCUT2D eigenvalue weighted by molar-refractivity contribution is -0.112. The third-order valence-corrected chi connectivity index (χ3v) is 5.94. The standard InChI is InChI=1S/C30H22Cl2N2O3/c31-25-10-15-29(37-19-21-6-2-1-3-7-21)23(17-25)16-24(18-33)30(35)34-26-11-13-27(14-12-26)36-20-22-8-4-5-9-28(22)32/h1-17H,19-20H2,(H,34,35)/b24-16+. The van der Waals surface area contributed by atoms with Gasteiger partial charge in [-0.15, -0.1) is 0 Å². The topological polar surface area (TPSA) is 71.3 Å². The van der Waals surface area contributed by atoms with Crippen molar-refractivity contribution in [2.24, 2.45) is 0 Å². The maximum absolute atomic E-state index is 12.8. The van der Waals surface area contributed by atoms with Crippen molar-refractivity contribution in [2.45, 2.75) is 13.2 Å². The van der Waals surface area contributed by atoms with Crippen LogP contribution in [0.4, 0.5) is 5.69 Å². The summed E-state index contributed by atoms with van der Waals surface area (Å²) in [7, 11) is 0. The summed E-state index contributed by atoms with van der Waals surface area (Å²) < 4.78 is 11.7. The Labute approximate surface area is 225 Å². The molecule has 4 aromatic rings. The Hall–Kier alpha value is -4.24. The van der Waals surface area contributed by atoms with Crippen molar-refractivity contribution in [1.82, 2.24) is 0 Å². The van der Waals surface area contributed by atoms with Crippen LogP contribution in [0.3, 0.4) is 0 Å². The highest BCUT2D eigenvalue weighted by Gasteiger charge is 2.13. The van der Waals surface area contributed by atoms with Gasteiger partial charge in [0.05, 0.1) is 0 Å². The molecule has 0 aromatic heterocycles. The zero-order valence-corrected chi connectivity index (χ0v) is 21.2. The van der Waals surface area contributed by atoms with Crippen LogP contribution in [-0.2, 0) is 18.0 Å². The van der Waals surface area contributed by atoms with Gasteiger partial charge < -0.3 is 14.8 Å². The van der Waals surface area contributed by atoms with E-state index in [2.05, 4.69) is 5.32 Å². The van der Waals surface area contributed by atoms with E-state index >= 15 is 0 Å². The molecular weight excluding hydrogens is 507 g/mol. The Morgan fingerprint density at radius 1 is 0.865 bits per heavy atom. The molecule has 0 bridgehead atoms. The molecule has 0 heterocycles. The minimum atomic E-state index is -0.554. The molecule has 4 rings (SSSR count). The van der Waals surface area contributed by atoms with Crippen LogP contribution in [0, 0.1) is 11.3 Å². The average Bonchev–Trinajstić information content (AvgIpc) is 2.92. The van der Waals surface area contributed by atoms with Crippen LogP contribution in [0.15, 0.2) is 103 Å². The van der Waals surface area contributed by atoms with Crippen LogP contribution in [0.1, 0.15) is 16.7 Å². The maximum Gasteiger partial charge on any atom is 0.266 e. The molecule has 37 heavy (non-hydrogen) atoms. The maximum atomic E-state index is 12.8. The Morgan fingerprint density at radius 3 is 2.32 bits per heavy atom. The number of carbonyl (C=O) groups is 1. The average molecular weight is 529 g/mol. The second-order valence-electron chi connectivity index (χ2n) is 7.98. The highest BCUT2D eigenvalue weighted by atomic mass is 35.5. The molecule has 0 saturated carbocycles. The molecule has 184 valence electrons.